The molecule has 0 saturated carbocycles. The second kappa shape index (κ2) is 4.96. The SMILES string of the molecule is CCCc1csc(-c2ccc(C#N)cc2)c1. The fraction of sp³-hybridized carbons (Fsp3) is 0.214. The molecule has 0 amide bonds. The second-order valence-corrected chi connectivity index (χ2v) is 4.67. The van der Waals surface area contributed by atoms with E-state index in [2.05, 4.69) is 24.4 Å². The van der Waals surface area contributed by atoms with Crippen molar-refractivity contribution in [3.05, 3.63) is 46.8 Å². The summed E-state index contributed by atoms with van der Waals surface area (Å²) in [7, 11) is 0. The Morgan fingerprint density at radius 3 is 2.62 bits per heavy atom. The van der Waals surface area contributed by atoms with E-state index in [0.717, 1.165) is 6.42 Å². The van der Waals surface area contributed by atoms with E-state index < -0.39 is 0 Å². The largest absolute Gasteiger partial charge is 0.192 e. The van der Waals surface area contributed by atoms with E-state index in [1.807, 2.05) is 24.3 Å². The quantitative estimate of drug-likeness (QED) is 0.769. The van der Waals surface area contributed by atoms with Crippen LogP contribution in [0.2, 0.25) is 0 Å². The maximum absolute atomic E-state index is 8.73. The summed E-state index contributed by atoms with van der Waals surface area (Å²) in [6, 6.07) is 12.1. The lowest BCUT2D eigenvalue weighted by atomic mass is 10.1. The summed E-state index contributed by atoms with van der Waals surface area (Å²) in [6.07, 6.45) is 2.33. The van der Waals surface area contributed by atoms with Crippen molar-refractivity contribution >= 4 is 11.3 Å². The molecule has 2 aromatic rings. The molecule has 0 atom stereocenters. The van der Waals surface area contributed by atoms with Crippen molar-refractivity contribution in [3.8, 4) is 16.5 Å². The zero-order chi connectivity index (χ0) is 11.4. The van der Waals surface area contributed by atoms with Crippen LogP contribution in [0.3, 0.4) is 0 Å². The van der Waals surface area contributed by atoms with Gasteiger partial charge in [-0.15, -0.1) is 11.3 Å². The van der Waals surface area contributed by atoms with Crippen LogP contribution in [-0.4, -0.2) is 0 Å². The van der Waals surface area contributed by atoms with Crippen molar-refractivity contribution in [2.75, 3.05) is 0 Å². The van der Waals surface area contributed by atoms with E-state index in [0.29, 0.717) is 5.56 Å². The van der Waals surface area contributed by atoms with Gasteiger partial charge in [0.1, 0.15) is 0 Å². The maximum Gasteiger partial charge on any atom is 0.0991 e. The first-order valence-electron chi connectivity index (χ1n) is 5.41. The molecule has 0 unspecified atom stereocenters. The van der Waals surface area contributed by atoms with Gasteiger partial charge in [-0.25, -0.2) is 0 Å². The van der Waals surface area contributed by atoms with E-state index in [4.69, 9.17) is 5.26 Å². The maximum atomic E-state index is 8.73. The number of hydrogen-bond acceptors (Lipinski definition) is 2. The lowest BCUT2D eigenvalue weighted by molar-refractivity contribution is 0.927. The van der Waals surface area contributed by atoms with Crippen LogP contribution in [0, 0.1) is 11.3 Å². The molecule has 0 N–H and O–H groups in total. The standard InChI is InChI=1S/C14H13NS/c1-2-3-12-8-14(16-10-12)13-6-4-11(9-15)5-7-13/h4-8,10H,2-3H2,1H3. The van der Waals surface area contributed by atoms with Crippen LogP contribution in [-0.2, 0) is 6.42 Å². The molecule has 16 heavy (non-hydrogen) atoms. The second-order valence-electron chi connectivity index (χ2n) is 3.76. The molecule has 0 fully saturated rings. The fourth-order valence-corrected chi connectivity index (χ4v) is 2.61. The highest BCUT2D eigenvalue weighted by atomic mass is 32.1. The fourth-order valence-electron chi connectivity index (χ4n) is 1.66. The summed E-state index contributed by atoms with van der Waals surface area (Å²) in [5.41, 5.74) is 3.33. The molecule has 0 aliphatic carbocycles. The van der Waals surface area contributed by atoms with E-state index in [-0.39, 0.29) is 0 Å². The number of thiophene rings is 1. The molecule has 80 valence electrons. The molecule has 0 saturated heterocycles. The Morgan fingerprint density at radius 2 is 2.00 bits per heavy atom. The van der Waals surface area contributed by atoms with Gasteiger partial charge < -0.3 is 0 Å². The molecule has 1 aromatic carbocycles. The molecule has 1 aromatic heterocycles. The molecule has 0 radical (unpaired) electrons. The van der Waals surface area contributed by atoms with Crippen molar-refractivity contribution < 1.29 is 0 Å². The summed E-state index contributed by atoms with van der Waals surface area (Å²) in [6.45, 7) is 2.19. The van der Waals surface area contributed by atoms with Gasteiger partial charge in [0.05, 0.1) is 11.6 Å². The zero-order valence-corrected chi connectivity index (χ0v) is 10.1. The molecule has 0 bridgehead atoms. The summed E-state index contributed by atoms with van der Waals surface area (Å²) >= 11 is 1.77. The minimum atomic E-state index is 0.717. The van der Waals surface area contributed by atoms with E-state index >= 15 is 0 Å². The monoisotopic (exact) mass is 227 g/mol. The molecular formula is C14H13NS. The average molecular weight is 227 g/mol. The Labute approximate surface area is 100.0 Å². The van der Waals surface area contributed by atoms with Gasteiger partial charge in [-0.1, -0.05) is 25.5 Å². The number of hydrogen-bond donors (Lipinski definition) is 0. The Bertz CT molecular complexity index is 502. The van der Waals surface area contributed by atoms with Crippen molar-refractivity contribution in [1.82, 2.24) is 0 Å². The number of benzene rings is 1. The molecule has 0 spiro atoms. The van der Waals surface area contributed by atoms with Crippen molar-refractivity contribution in [1.29, 1.82) is 5.26 Å². The Kier molecular flexibility index (Phi) is 3.38. The van der Waals surface area contributed by atoms with Gasteiger partial charge >= 0.3 is 0 Å². The van der Waals surface area contributed by atoms with Gasteiger partial charge in [-0.05, 0) is 41.1 Å². The highest BCUT2D eigenvalue weighted by molar-refractivity contribution is 7.13. The van der Waals surface area contributed by atoms with Crippen molar-refractivity contribution in [2.45, 2.75) is 19.8 Å². The van der Waals surface area contributed by atoms with Gasteiger partial charge in [0.25, 0.3) is 0 Å². The number of rotatable bonds is 3. The van der Waals surface area contributed by atoms with Gasteiger partial charge in [-0.2, -0.15) is 5.26 Å². The third kappa shape index (κ3) is 2.32. The van der Waals surface area contributed by atoms with Crippen LogP contribution in [0.4, 0.5) is 0 Å². The Hall–Kier alpha value is -1.59. The minimum Gasteiger partial charge on any atom is -0.192 e. The number of nitrogens with zero attached hydrogens (tertiary/aromatic N) is 1. The van der Waals surface area contributed by atoms with Crippen LogP contribution in [0.5, 0.6) is 0 Å². The molecule has 2 heteroatoms. The van der Waals surface area contributed by atoms with Crippen molar-refractivity contribution in [2.24, 2.45) is 0 Å². The van der Waals surface area contributed by atoms with Gasteiger partial charge in [0.15, 0.2) is 0 Å². The lowest BCUT2D eigenvalue weighted by Crippen LogP contribution is -1.77. The summed E-state index contributed by atoms with van der Waals surface area (Å²) in [4.78, 5) is 1.29. The van der Waals surface area contributed by atoms with Gasteiger partial charge in [0, 0.05) is 4.88 Å². The normalized spacial score (nSPS) is 10.0. The Morgan fingerprint density at radius 1 is 1.25 bits per heavy atom. The Balaban J connectivity index is 2.25. The number of nitriles is 1. The summed E-state index contributed by atoms with van der Waals surface area (Å²) in [5, 5.41) is 10.9. The van der Waals surface area contributed by atoms with Crippen LogP contribution in [0.15, 0.2) is 35.7 Å². The molecular weight excluding hydrogens is 214 g/mol. The molecule has 1 nitrogen and oxygen atoms in total. The van der Waals surface area contributed by atoms with Gasteiger partial charge in [0.2, 0.25) is 0 Å². The summed E-state index contributed by atoms with van der Waals surface area (Å²) in [5.74, 6) is 0. The zero-order valence-electron chi connectivity index (χ0n) is 9.23. The first-order chi connectivity index (χ1) is 7.83. The molecule has 0 aliphatic rings. The van der Waals surface area contributed by atoms with Gasteiger partial charge in [-0.3, -0.25) is 0 Å². The molecule has 1 heterocycles. The third-order valence-electron chi connectivity index (χ3n) is 2.49. The van der Waals surface area contributed by atoms with Crippen LogP contribution >= 0.6 is 11.3 Å². The van der Waals surface area contributed by atoms with Crippen LogP contribution in [0.25, 0.3) is 10.4 Å². The topological polar surface area (TPSA) is 23.8 Å². The first-order valence-corrected chi connectivity index (χ1v) is 6.29. The summed E-state index contributed by atoms with van der Waals surface area (Å²) < 4.78 is 0. The third-order valence-corrected chi connectivity index (χ3v) is 3.52. The van der Waals surface area contributed by atoms with E-state index in [9.17, 15) is 0 Å². The molecule has 2 rings (SSSR count). The van der Waals surface area contributed by atoms with Crippen LogP contribution < -0.4 is 0 Å². The highest BCUT2D eigenvalue weighted by Crippen LogP contribution is 2.27. The minimum absolute atomic E-state index is 0.717. The lowest BCUT2D eigenvalue weighted by Gasteiger charge is -1.96. The predicted octanol–water partition coefficient (Wildman–Crippen LogP) is 4.24. The number of aryl methyl sites for hydroxylation is 1. The first kappa shape index (κ1) is 10.9. The highest BCUT2D eigenvalue weighted by Gasteiger charge is 2.02. The van der Waals surface area contributed by atoms with Crippen LogP contribution in [0.1, 0.15) is 24.5 Å². The van der Waals surface area contributed by atoms with Crippen molar-refractivity contribution in [3.63, 3.8) is 0 Å². The molecule has 0 aliphatic heterocycles. The van der Waals surface area contributed by atoms with E-state index in [1.54, 1.807) is 11.3 Å². The predicted molar refractivity (Wildman–Crippen MR) is 68.5 cm³/mol. The average Bonchev–Trinajstić information content (AvgIpc) is 2.78. The van der Waals surface area contributed by atoms with E-state index in [1.165, 1.54) is 22.4 Å². The smallest absolute Gasteiger partial charge is 0.0991 e.